The molecule has 2 aliphatic rings. The number of carbonyl (C=O) groups excluding carboxylic acids is 1. The summed E-state index contributed by atoms with van der Waals surface area (Å²) in [6.45, 7) is 6.28. The molecule has 4 rings (SSSR count). The number of nitrogens with one attached hydrogen (secondary N) is 1. The number of rotatable bonds is 6. The highest BCUT2D eigenvalue weighted by Gasteiger charge is 2.42. The van der Waals surface area contributed by atoms with Crippen molar-refractivity contribution in [2.75, 3.05) is 43.1 Å². The monoisotopic (exact) mass is 422 g/mol. The van der Waals surface area contributed by atoms with E-state index in [1.54, 1.807) is 25.3 Å². The molecule has 1 saturated heterocycles. The summed E-state index contributed by atoms with van der Waals surface area (Å²) in [5.41, 5.74) is 2.97. The Bertz CT molecular complexity index is 992. The summed E-state index contributed by atoms with van der Waals surface area (Å²) >= 11 is 0. The van der Waals surface area contributed by atoms with E-state index in [2.05, 4.69) is 21.7 Å². The fourth-order valence-electron chi connectivity index (χ4n) is 4.55. The Balaban J connectivity index is 1.65. The molecule has 2 heterocycles. The summed E-state index contributed by atoms with van der Waals surface area (Å²) in [5, 5.41) is 14.2. The van der Waals surface area contributed by atoms with Crippen molar-refractivity contribution < 1.29 is 14.5 Å². The van der Waals surface area contributed by atoms with Crippen molar-refractivity contribution in [2.24, 2.45) is 5.92 Å². The van der Waals surface area contributed by atoms with E-state index in [1.807, 2.05) is 30.3 Å². The summed E-state index contributed by atoms with van der Waals surface area (Å²) in [4.78, 5) is 28.4. The van der Waals surface area contributed by atoms with E-state index in [0.29, 0.717) is 19.5 Å². The predicted molar refractivity (Wildman–Crippen MR) is 120 cm³/mol. The molecule has 0 unspecified atom stereocenters. The van der Waals surface area contributed by atoms with Crippen molar-refractivity contribution in [2.45, 2.75) is 12.5 Å². The Morgan fingerprint density at radius 1 is 1.29 bits per heavy atom. The maximum absolute atomic E-state index is 13.0. The fraction of sp³-hybridized carbons (Fsp3) is 0.348. The molecule has 0 radical (unpaired) electrons. The Kier molecular flexibility index (Phi) is 5.79. The van der Waals surface area contributed by atoms with Crippen LogP contribution in [0.3, 0.4) is 0 Å². The second kappa shape index (κ2) is 8.67. The molecule has 0 aromatic heterocycles. The molecular formula is C23H26N4O4. The molecule has 2 aliphatic heterocycles. The lowest BCUT2D eigenvalue weighted by molar-refractivity contribution is -0.384. The number of benzene rings is 2. The van der Waals surface area contributed by atoms with Crippen LogP contribution in [0, 0.1) is 16.0 Å². The number of hydrogen-bond acceptors (Lipinski definition) is 6. The van der Waals surface area contributed by atoms with Gasteiger partial charge in [-0.25, -0.2) is 0 Å². The van der Waals surface area contributed by atoms with E-state index in [9.17, 15) is 14.9 Å². The second-order valence-electron chi connectivity index (χ2n) is 7.82. The average Bonchev–Trinajstić information content (AvgIpc) is 2.81. The van der Waals surface area contributed by atoms with E-state index < -0.39 is 0 Å². The molecule has 8 heteroatoms. The first kappa shape index (κ1) is 20.7. The summed E-state index contributed by atoms with van der Waals surface area (Å²) in [5.74, 6) is 0.441. The Morgan fingerprint density at radius 3 is 2.74 bits per heavy atom. The van der Waals surface area contributed by atoms with Crippen LogP contribution in [0.2, 0.25) is 0 Å². The predicted octanol–water partition coefficient (Wildman–Crippen LogP) is 2.77. The number of anilines is 2. The topological polar surface area (TPSA) is 87.9 Å². The van der Waals surface area contributed by atoms with E-state index in [1.165, 1.54) is 0 Å². The van der Waals surface area contributed by atoms with Gasteiger partial charge in [0.1, 0.15) is 5.75 Å². The number of nitro groups is 1. The molecule has 2 aromatic rings. The lowest BCUT2D eigenvalue weighted by Crippen LogP contribution is -2.61. The molecule has 0 aliphatic carbocycles. The van der Waals surface area contributed by atoms with Gasteiger partial charge < -0.3 is 19.9 Å². The minimum atomic E-state index is -0.388. The summed E-state index contributed by atoms with van der Waals surface area (Å²) in [6, 6.07) is 12.9. The molecule has 0 bridgehead atoms. The van der Waals surface area contributed by atoms with Gasteiger partial charge >= 0.3 is 0 Å². The third kappa shape index (κ3) is 4.05. The minimum Gasteiger partial charge on any atom is -0.497 e. The number of methoxy groups -OCH3 is 1. The number of carbonyl (C=O) groups is 1. The molecule has 0 spiro atoms. The molecule has 1 amide bonds. The largest absolute Gasteiger partial charge is 0.497 e. The molecule has 2 aromatic carbocycles. The number of hydrogen-bond donors (Lipinski definition) is 1. The summed E-state index contributed by atoms with van der Waals surface area (Å²) in [6.07, 6.45) is 2.12. The number of nitro benzene ring substituents is 1. The van der Waals surface area contributed by atoms with Gasteiger partial charge in [0.15, 0.2) is 0 Å². The van der Waals surface area contributed by atoms with Crippen molar-refractivity contribution in [1.29, 1.82) is 0 Å². The standard InChI is InChI=1S/C23H26N4O4/c1-3-10-24-23(28)20-14-16-13-18(27(29)30)6-9-21(16)26-12-11-25(15-22(20)26)17-4-7-19(31-2)8-5-17/h3-9,13,20,22H,1,10-12,14-15H2,2H3,(H,24,28)/t20-,22-/m1/s1. The molecule has 162 valence electrons. The van der Waals surface area contributed by atoms with Gasteiger partial charge in [-0.1, -0.05) is 6.08 Å². The van der Waals surface area contributed by atoms with Crippen molar-refractivity contribution in [3.63, 3.8) is 0 Å². The highest BCUT2D eigenvalue weighted by atomic mass is 16.6. The minimum absolute atomic E-state index is 0.0328. The van der Waals surface area contributed by atoms with Gasteiger partial charge in [-0.05, 0) is 42.3 Å². The lowest BCUT2D eigenvalue weighted by Gasteiger charge is -2.49. The van der Waals surface area contributed by atoms with Crippen molar-refractivity contribution in [3.05, 3.63) is 70.8 Å². The van der Waals surface area contributed by atoms with Crippen molar-refractivity contribution >= 4 is 23.0 Å². The number of amides is 1. The SMILES string of the molecule is C=CCNC(=O)[C@@H]1Cc2cc([N+](=O)[O-])ccc2N2CCN(c3ccc(OC)cc3)C[C@H]12. The van der Waals surface area contributed by atoms with Gasteiger partial charge in [-0.2, -0.15) is 0 Å². The normalized spacial score (nSPS) is 19.8. The Hall–Kier alpha value is -3.55. The van der Waals surface area contributed by atoms with Gasteiger partial charge in [0, 0.05) is 49.7 Å². The van der Waals surface area contributed by atoms with Crippen molar-refractivity contribution in [1.82, 2.24) is 5.32 Å². The van der Waals surface area contributed by atoms with Gasteiger partial charge in [0.25, 0.3) is 5.69 Å². The molecule has 2 atom stereocenters. The Morgan fingerprint density at radius 2 is 2.06 bits per heavy atom. The number of fused-ring (bicyclic) bond motifs is 3. The van der Waals surface area contributed by atoms with Crippen LogP contribution in [0.4, 0.5) is 17.1 Å². The maximum atomic E-state index is 13.0. The highest BCUT2D eigenvalue weighted by Crippen LogP contribution is 2.38. The first-order valence-corrected chi connectivity index (χ1v) is 10.3. The molecule has 0 saturated carbocycles. The Labute approximate surface area is 181 Å². The molecule has 1 N–H and O–H groups in total. The van der Waals surface area contributed by atoms with Gasteiger partial charge in [-0.3, -0.25) is 14.9 Å². The third-order valence-corrected chi connectivity index (χ3v) is 6.10. The lowest BCUT2D eigenvalue weighted by atomic mass is 9.83. The van der Waals surface area contributed by atoms with Crippen LogP contribution >= 0.6 is 0 Å². The molecule has 8 nitrogen and oxygen atoms in total. The van der Waals surface area contributed by atoms with Crippen LogP contribution in [-0.4, -0.2) is 50.2 Å². The number of non-ortho nitro benzene ring substituents is 1. The van der Waals surface area contributed by atoms with E-state index in [0.717, 1.165) is 35.8 Å². The first-order valence-electron chi connectivity index (χ1n) is 10.3. The summed E-state index contributed by atoms with van der Waals surface area (Å²) in [7, 11) is 1.64. The quantitative estimate of drug-likeness (QED) is 0.438. The van der Waals surface area contributed by atoms with Crippen LogP contribution < -0.4 is 19.9 Å². The molecular weight excluding hydrogens is 396 g/mol. The van der Waals surface area contributed by atoms with Gasteiger partial charge in [-0.15, -0.1) is 6.58 Å². The third-order valence-electron chi connectivity index (χ3n) is 6.10. The average molecular weight is 422 g/mol. The zero-order valence-electron chi connectivity index (χ0n) is 17.5. The smallest absolute Gasteiger partial charge is 0.269 e. The van der Waals surface area contributed by atoms with Gasteiger partial charge in [0.2, 0.25) is 5.91 Å². The molecule has 31 heavy (non-hydrogen) atoms. The van der Waals surface area contributed by atoms with E-state index >= 15 is 0 Å². The highest BCUT2D eigenvalue weighted by molar-refractivity contribution is 5.82. The summed E-state index contributed by atoms with van der Waals surface area (Å²) < 4.78 is 5.26. The van der Waals surface area contributed by atoms with Crippen molar-refractivity contribution in [3.8, 4) is 5.75 Å². The van der Waals surface area contributed by atoms with Crippen LogP contribution in [0.1, 0.15) is 5.56 Å². The number of piperazine rings is 1. The van der Waals surface area contributed by atoms with Crippen LogP contribution in [-0.2, 0) is 11.2 Å². The van der Waals surface area contributed by atoms with Gasteiger partial charge in [0.05, 0.1) is 24.0 Å². The number of ether oxygens (including phenoxy) is 1. The van der Waals surface area contributed by atoms with Crippen LogP contribution in [0.25, 0.3) is 0 Å². The maximum Gasteiger partial charge on any atom is 0.269 e. The second-order valence-corrected chi connectivity index (χ2v) is 7.82. The van der Waals surface area contributed by atoms with E-state index in [4.69, 9.17) is 4.74 Å². The van der Waals surface area contributed by atoms with E-state index in [-0.39, 0.29) is 28.5 Å². The van der Waals surface area contributed by atoms with Crippen LogP contribution in [0.15, 0.2) is 55.1 Å². The molecule has 1 fully saturated rings. The first-order chi connectivity index (χ1) is 15.0. The number of nitrogens with zero attached hydrogens (tertiary/aromatic N) is 3. The zero-order valence-corrected chi connectivity index (χ0v) is 17.5. The zero-order chi connectivity index (χ0) is 22.0. The fourth-order valence-corrected chi connectivity index (χ4v) is 4.55. The van der Waals surface area contributed by atoms with Crippen LogP contribution in [0.5, 0.6) is 5.75 Å².